The quantitative estimate of drug-likeness (QED) is 0.842. The number of anilines is 1. The van der Waals surface area contributed by atoms with E-state index in [2.05, 4.69) is 20.1 Å². The van der Waals surface area contributed by atoms with Crippen LogP contribution >= 0.6 is 0 Å². The van der Waals surface area contributed by atoms with Gasteiger partial charge in [-0.3, -0.25) is 0 Å². The predicted molar refractivity (Wildman–Crippen MR) is 73.3 cm³/mol. The first kappa shape index (κ1) is 11.9. The van der Waals surface area contributed by atoms with Gasteiger partial charge >= 0.3 is 0 Å². The van der Waals surface area contributed by atoms with Crippen LogP contribution in [0.3, 0.4) is 0 Å². The van der Waals surface area contributed by atoms with E-state index < -0.39 is 0 Å². The lowest BCUT2D eigenvalue weighted by Crippen LogP contribution is -2.18. The van der Waals surface area contributed by atoms with Crippen molar-refractivity contribution in [1.29, 1.82) is 0 Å². The first-order valence-corrected chi connectivity index (χ1v) is 6.46. The molecule has 0 aromatic carbocycles. The van der Waals surface area contributed by atoms with Gasteiger partial charge in [-0.05, 0) is 31.0 Å². The van der Waals surface area contributed by atoms with Crippen molar-refractivity contribution in [2.75, 3.05) is 25.1 Å². The van der Waals surface area contributed by atoms with Crippen LogP contribution in [0.15, 0.2) is 30.5 Å². The molecule has 3 rings (SSSR count). The second-order valence-electron chi connectivity index (χ2n) is 4.56. The van der Waals surface area contributed by atoms with Gasteiger partial charge in [0.2, 0.25) is 5.88 Å². The lowest BCUT2D eigenvalue weighted by atomic mass is 10.2. The largest absolute Gasteiger partial charge is 0.480 e. The van der Waals surface area contributed by atoms with E-state index in [1.54, 1.807) is 13.2 Å². The number of ether oxygens (including phenoxy) is 1. The zero-order valence-electron chi connectivity index (χ0n) is 10.9. The van der Waals surface area contributed by atoms with Gasteiger partial charge in [-0.15, -0.1) is 10.2 Å². The van der Waals surface area contributed by atoms with E-state index >= 15 is 0 Å². The summed E-state index contributed by atoms with van der Waals surface area (Å²) in [6.45, 7) is 2.21. The summed E-state index contributed by atoms with van der Waals surface area (Å²) >= 11 is 0. The van der Waals surface area contributed by atoms with E-state index in [9.17, 15) is 0 Å². The second kappa shape index (κ2) is 5.22. The van der Waals surface area contributed by atoms with E-state index in [4.69, 9.17) is 4.74 Å². The molecular weight excluding hydrogens is 240 g/mol. The van der Waals surface area contributed by atoms with Gasteiger partial charge in [0.1, 0.15) is 5.82 Å². The van der Waals surface area contributed by atoms with E-state index in [-0.39, 0.29) is 0 Å². The lowest BCUT2D eigenvalue weighted by molar-refractivity contribution is 0.392. The molecule has 0 spiro atoms. The molecule has 1 aliphatic heterocycles. The van der Waals surface area contributed by atoms with Crippen LogP contribution in [-0.2, 0) is 0 Å². The summed E-state index contributed by atoms with van der Waals surface area (Å²) in [5, 5.41) is 8.08. The Labute approximate surface area is 112 Å². The zero-order valence-corrected chi connectivity index (χ0v) is 10.9. The number of rotatable bonds is 3. The second-order valence-corrected chi connectivity index (χ2v) is 4.56. The Balaban J connectivity index is 1.80. The van der Waals surface area contributed by atoms with Crippen LogP contribution in [0.2, 0.25) is 0 Å². The minimum atomic E-state index is 0.519. The molecule has 1 fully saturated rings. The summed E-state index contributed by atoms with van der Waals surface area (Å²) in [6.07, 6.45) is 4.37. The van der Waals surface area contributed by atoms with Crippen molar-refractivity contribution in [1.82, 2.24) is 15.2 Å². The van der Waals surface area contributed by atoms with Gasteiger partial charge in [0.15, 0.2) is 0 Å². The van der Waals surface area contributed by atoms with Crippen LogP contribution in [-0.4, -0.2) is 35.4 Å². The molecule has 1 saturated heterocycles. The Kier molecular flexibility index (Phi) is 3.27. The molecule has 5 heteroatoms. The molecule has 2 aromatic rings. The first-order chi connectivity index (χ1) is 9.36. The minimum absolute atomic E-state index is 0.519. The highest BCUT2D eigenvalue weighted by Gasteiger charge is 2.13. The predicted octanol–water partition coefficient (Wildman–Crippen LogP) is 2.15. The highest BCUT2D eigenvalue weighted by atomic mass is 16.5. The Morgan fingerprint density at radius 3 is 2.47 bits per heavy atom. The average Bonchev–Trinajstić information content (AvgIpc) is 3.02. The van der Waals surface area contributed by atoms with Crippen LogP contribution < -0.4 is 9.64 Å². The standard InChI is InChI=1S/C14H16N4O/c1-19-14-7-5-12(16-17-14)11-4-6-13(15-10-11)18-8-2-3-9-18/h4-7,10H,2-3,8-9H2,1H3. The Bertz CT molecular complexity index is 532. The first-order valence-electron chi connectivity index (χ1n) is 6.46. The fourth-order valence-corrected chi connectivity index (χ4v) is 2.25. The number of hydrogen-bond acceptors (Lipinski definition) is 5. The molecule has 3 heterocycles. The molecule has 0 saturated carbocycles. The van der Waals surface area contributed by atoms with Crippen LogP contribution in [0.25, 0.3) is 11.3 Å². The molecule has 0 atom stereocenters. The van der Waals surface area contributed by atoms with Crippen molar-refractivity contribution in [3.05, 3.63) is 30.5 Å². The Hall–Kier alpha value is -2.17. The van der Waals surface area contributed by atoms with Gasteiger partial charge in [0.25, 0.3) is 0 Å². The maximum absolute atomic E-state index is 5.00. The third-order valence-corrected chi connectivity index (χ3v) is 3.32. The molecule has 0 amide bonds. The maximum atomic E-state index is 5.00. The van der Waals surface area contributed by atoms with Gasteiger partial charge in [0.05, 0.1) is 12.8 Å². The monoisotopic (exact) mass is 256 g/mol. The lowest BCUT2D eigenvalue weighted by Gasteiger charge is -2.16. The molecule has 5 nitrogen and oxygen atoms in total. The summed E-state index contributed by atoms with van der Waals surface area (Å²) < 4.78 is 5.00. The molecular formula is C14H16N4O. The molecule has 2 aromatic heterocycles. The topological polar surface area (TPSA) is 51.1 Å². The number of nitrogens with zero attached hydrogens (tertiary/aromatic N) is 4. The average molecular weight is 256 g/mol. The zero-order chi connectivity index (χ0) is 13.1. The van der Waals surface area contributed by atoms with Crippen LogP contribution in [0.1, 0.15) is 12.8 Å². The van der Waals surface area contributed by atoms with Gasteiger partial charge in [0, 0.05) is 30.9 Å². The molecule has 0 radical (unpaired) electrons. The van der Waals surface area contributed by atoms with Gasteiger partial charge in [-0.25, -0.2) is 4.98 Å². The molecule has 0 unspecified atom stereocenters. The summed E-state index contributed by atoms with van der Waals surface area (Å²) in [6, 6.07) is 7.78. The minimum Gasteiger partial charge on any atom is -0.480 e. The van der Waals surface area contributed by atoms with Crippen molar-refractivity contribution in [2.24, 2.45) is 0 Å². The fourth-order valence-electron chi connectivity index (χ4n) is 2.25. The summed E-state index contributed by atoms with van der Waals surface area (Å²) in [7, 11) is 1.58. The number of hydrogen-bond donors (Lipinski definition) is 0. The van der Waals surface area contributed by atoms with Crippen LogP contribution in [0, 0.1) is 0 Å². The van der Waals surface area contributed by atoms with Crippen molar-refractivity contribution in [2.45, 2.75) is 12.8 Å². The Morgan fingerprint density at radius 1 is 1.05 bits per heavy atom. The van der Waals surface area contributed by atoms with Crippen LogP contribution in [0.4, 0.5) is 5.82 Å². The van der Waals surface area contributed by atoms with Crippen molar-refractivity contribution in [3.63, 3.8) is 0 Å². The van der Waals surface area contributed by atoms with Gasteiger partial charge in [-0.2, -0.15) is 0 Å². The normalized spacial score (nSPS) is 14.7. The third-order valence-electron chi connectivity index (χ3n) is 3.32. The van der Waals surface area contributed by atoms with E-state index in [1.165, 1.54) is 12.8 Å². The molecule has 1 aliphatic rings. The fraction of sp³-hybridized carbons (Fsp3) is 0.357. The summed E-state index contributed by atoms with van der Waals surface area (Å²) in [5.41, 5.74) is 1.78. The number of methoxy groups -OCH3 is 1. The van der Waals surface area contributed by atoms with Crippen LogP contribution in [0.5, 0.6) is 5.88 Å². The maximum Gasteiger partial charge on any atom is 0.233 e. The Morgan fingerprint density at radius 2 is 1.89 bits per heavy atom. The van der Waals surface area contributed by atoms with Crippen molar-refractivity contribution >= 4 is 5.82 Å². The van der Waals surface area contributed by atoms with E-state index in [1.807, 2.05) is 24.4 Å². The molecule has 0 bridgehead atoms. The van der Waals surface area contributed by atoms with E-state index in [0.717, 1.165) is 30.2 Å². The molecule has 0 aliphatic carbocycles. The smallest absolute Gasteiger partial charge is 0.233 e. The van der Waals surface area contributed by atoms with Gasteiger partial charge in [-0.1, -0.05) is 0 Å². The number of pyridine rings is 1. The summed E-state index contributed by atoms with van der Waals surface area (Å²) in [5.74, 6) is 1.56. The van der Waals surface area contributed by atoms with Crippen molar-refractivity contribution < 1.29 is 4.74 Å². The number of aromatic nitrogens is 3. The van der Waals surface area contributed by atoms with Crippen molar-refractivity contribution in [3.8, 4) is 17.1 Å². The molecule has 98 valence electrons. The highest BCUT2D eigenvalue weighted by molar-refractivity contribution is 5.59. The highest BCUT2D eigenvalue weighted by Crippen LogP contribution is 2.22. The third kappa shape index (κ3) is 2.50. The van der Waals surface area contributed by atoms with E-state index in [0.29, 0.717) is 5.88 Å². The molecule has 0 N–H and O–H groups in total. The summed E-state index contributed by atoms with van der Waals surface area (Å²) in [4.78, 5) is 6.82. The molecule has 19 heavy (non-hydrogen) atoms. The van der Waals surface area contributed by atoms with Gasteiger partial charge < -0.3 is 9.64 Å². The SMILES string of the molecule is COc1ccc(-c2ccc(N3CCCC3)nc2)nn1.